The van der Waals surface area contributed by atoms with Crippen molar-refractivity contribution in [3.63, 3.8) is 0 Å². The van der Waals surface area contributed by atoms with Gasteiger partial charge in [0.15, 0.2) is 0 Å². The molecule has 0 spiro atoms. The largest absolute Gasteiger partial charge is 0.469 e. The van der Waals surface area contributed by atoms with E-state index in [0.29, 0.717) is 16.4 Å². The standard InChI is InChI=1S/C13H12ClN3O/c1-9(7-11-3-2-6-18-11)17-13-12(14)10(8-15)4-5-16-13/h2-6,9H,7H2,1H3,(H,16,17). The van der Waals surface area contributed by atoms with Crippen LogP contribution in [-0.2, 0) is 6.42 Å². The Hall–Kier alpha value is -1.99. The van der Waals surface area contributed by atoms with E-state index in [2.05, 4.69) is 10.3 Å². The first-order valence-electron chi connectivity index (χ1n) is 5.54. The van der Waals surface area contributed by atoms with Crippen molar-refractivity contribution in [3.05, 3.63) is 47.0 Å². The molecule has 0 saturated carbocycles. The summed E-state index contributed by atoms with van der Waals surface area (Å²) in [6, 6.07) is 7.48. The van der Waals surface area contributed by atoms with Gasteiger partial charge in [0.25, 0.3) is 0 Å². The van der Waals surface area contributed by atoms with Crippen LogP contribution in [0.25, 0.3) is 0 Å². The molecule has 2 heterocycles. The number of rotatable bonds is 4. The van der Waals surface area contributed by atoms with Crippen LogP contribution in [0.3, 0.4) is 0 Å². The molecule has 2 aromatic rings. The highest BCUT2D eigenvalue weighted by molar-refractivity contribution is 6.34. The number of halogens is 1. The lowest BCUT2D eigenvalue weighted by atomic mass is 10.2. The van der Waals surface area contributed by atoms with E-state index in [1.807, 2.05) is 25.1 Å². The molecule has 0 saturated heterocycles. The minimum absolute atomic E-state index is 0.107. The van der Waals surface area contributed by atoms with E-state index in [0.717, 1.165) is 12.2 Å². The summed E-state index contributed by atoms with van der Waals surface area (Å²) in [7, 11) is 0. The predicted octanol–water partition coefficient (Wildman–Crippen LogP) is 3.24. The fourth-order valence-corrected chi connectivity index (χ4v) is 1.85. The monoisotopic (exact) mass is 261 g/mol. The molecule has 2 rings (SSSR count). The van der Waals surface area contributed by atoms with Crippen LogP contribution in [0, 0.1) is 11.3 Å². The molecule has 1 unspecified atom stereocenters. The molecule has 0 fully saturated rings. The predicted molar refractivity (Wildman–Crippen MR) is 69.5 cm³/mol. The van der Waals surface area contributed by atoms with Gasteiger partial charge in [0.2, 0.25) is 0 Å². The van der Waals surface area contributed by atoms with Gasteiger partial charge >= 0.3 is 0 Å². The maximum atomic E-state index is 8.88. The Labute approximate surface area is 110 Å². The molecule has 5 heteroatoms. The molecule has 0 bridgehead atoms. The molecule has 0 amide bonds. The Morgan fingerprint density at radius 1 is 1.56 bits per heavy atom. The Balaban J connectivity index is 2.08. The van der Waals surface area contributed by atoms with Crippen molar-refractivity contribution in [2.24, 2.45) is 0 Å². The van der Waals surface area contributed by atoms with E-state index in [1.54, 1.807) is 18.5 Å². The third kappa shape index (κ3) is 2.82. The molecule has 1 atom stereocenters. The van der Waals surface area contributed by atoms with Crippen molar-refractivity contribution in [2.75, 3.05) is 5.32 Å². The summed E-state index contributed by atoms with van der Waals surface area (Å²) < 4.78 is 5.27. The van der Waals surface area contributed by atoms with Gasteiger partial charge in [-0.25, -0.2) is 4.98 Å². The lowest BCUT2D eigenvalue weighted by Crippen LogP contribution is -2.19. The molecule has 0 radical (unpaired) electrons. The van der Waals surface area contributed by atoms with Crippen molar-refractivity contribution in [1.29, 1.82) is 5.26 Å². The van der Waals surface area contributed by atoms with Crippen molar-refractivity contribution < 1.29 is 4.42 Å². The quantitative estimate of drug-likeness (QED) is 0.918. The number of nitrogens with zero attached hydrogens (tertiary/aromatic N) is 2. The molecule has 0 aliphatic carbocycles. The van der Waals surface area contributed by atoms with Crippen LogP contribution in [0.1, 0.15) is 18.2 Å². The molecule has 0 aliphatic heterocycles. The number of anilines is 1. The number of nitrogens with one attached hydrogen (secondary N) is 1. The topological polar surface area (TPSA) is 61.9 Å². The average Bonchev–Trinajstić information content (AvgIpc) is 2.84. The van der Waals surface area contributed by atoms with Crippen molar-refractivity contribution in [3.8, 4) is 6.07 Å². The fourth-order valence-electron chi connectivity index (χ4n) is 1.65. The number of furan rings is 1. The van der Waals surface area contributed by atoms with Crippen LogP contribution >= 0.6 is 11.6 Å². The van der Waals surface area contributed by atoms with Gasteiger partial charge in [-0.05, 0) is 25.1 Å². The van der Waals surface area contributed by atoms with E-state index in [1.165, 1.54) is 0 Å². The van der Waals surface area contributed by atoms with Gasteiger partial charge in [0, 0.05) is 18.7 Å². The first kappa shape index (κ1) is 12.5. The lowest BCUT2D eigenvalue weighted by molar-refractivity contribution is 0.497. The van der Waals surface area contributed by atoms with E-state index < -0.39 is 0 Å². The van der Waals surface area contributed by atoms with Gasteiger partial charge in [-0.3, -0.25) is 0 Å². The Bertz CT molecular complexity index is 560. The highest BCUT2D eigenvalue weighted by Crippen LogP contribution is 2.23. The number of hydrogen-bond donors (Lipinski definition) is 1. The third-order valence-electron chi connectivity index (χ3n) is 2.48. The average molecular weight is 262 g/mol. The third-order valence-corrected chi connectivity index (χ3v) is 2.86. The molecule has 1 N–H and O–H groups in total. The number of nitriles is 1. The van der Waals surface area contributed by atoms with Gasteiger partial charge in [-0.15, -0.1) is 0 Å². The fraction of sp³-hybridized carbons (Fsp3) is 0.231. The van der Waals surface area contributed by atoms with Gasteiger partial charge < -0.3 is 9.73 Å². The van der Waals surface area contributed by atoms with Crippen molar-refractivity contribution in [2.45, 2.75) is 19.4 Å². The SMILES string of the molecule is CC(Cc1ccco1)Nc1nccc(C#N)c1Cl. The van der Waals surface area contributed by atoms with Crippen LogP contribution < -0.4 is 5.32 Å². The van der Waals surface area contributed by atoms with Gasteiger partial charge in [-0.1, -0.05) is 11.6 Å². The Morgan fingerprint density at radius 2 is 2.39 bits per heavy atom. The van der Waals surface area contributed by atoms with Crippen LogP contribution in [0.5, 0.6) is 0 Å². The minimum Gasteiger partial charge on any atom is -0.469 e. The number of aromatic nitrogens is 1. The summed E-state index contributed by atoms with van der Waals surface area (Å²) in [6.45, 7) is 2.00. The van der Waals surface area contributed by atoms with Gasteiger partial charge in [-0.2, -0.15) is 5.26 Å². The highest BCUT2D eigenvalue weighted by atomic mass is 35.5. The summed E-state index contributed by atoms with van der Waals surface area (Å²) in [5, 5.41) is 12.4. The van der Waals surface area contributed by atoms with Crippen LogP contribution in [0.15, 0.2) is 35.1 Å². The summed E-state index contributed by atoms with van der Waals surface area (Å²) in [5.41, 5.74) is 0.416. The number of pyridine rings is 1. The minimum atomic E-state index is 0.107. The van der Waals surface area contributed by atoms with Gasteiger partial charge in [0.1, 0.15) is 22.7 Å². The van der Waals surface area contributed by atoms with E-state index in [4.69, 9.17) is 21.3 Å². The maximum Gasteiger partial charge on any atom is 0.146 e. The lowest BCUT2D eigenvalue weighted by Gasteiger charge is -2.14. The molecule has 0 aromatic carbocycles. The summed E-state index contributed by atoms with van der Waals surface area (Å²) in [6.07, 6.45) is 3.93. The van der Waals surface area contributed by atoms with Crippen LogP contribution in [-0.4, -0.2) is 11.0 Å². The summed E-state index contributed by atoms with van der Waals surface area (Å²) >= 11 is 6.06. The first-order valence-corrected chi connectivity index (χ1v) is 5.92. The second-order valence-electron chi connectivity index (χ2n) is 3.96. The Kier molecular flexibility index (Phi) is 3.85. The molecule has 2 aromatic heterocycles. The molecular formula is C13H12ClN3O. The zero-order valence-electron chi connectivity index (χ0n) is 9.85. The highest BCUT2D eigenvalue weighted by Gasteiger charge is 2.11. The molecule has 0 aliphatic rings. The first-order chi connectivity index (χ1) is 8.70. The van der Waals surface area contributed by atoms with E-state index >= 15 is 0 Å². The van der Waals surface area contributed by atoms with E-state index in [-0.39, 0.29) is 6.04 Å². The second kappa shape index (κ2) is 5.56. The zero-order valence-corrected chi connectivity index (χ0v) is 10.6. The van der Waals surface area contributed by atoms with Crippen molar-refractivity contribution >= 4 is 17.4 Å². The maximum absolute atomic E-state index is 8.88. The van der Waals surface area contributed by atoms with Crippen LogP contribution in [0.4, 0.5) is 5.82 Å². The molecular weight excluding hydrogens is 250 g/mol. The summed E-state index contributed by atoms with van der Waals surface area (Å²) in [4.78, 5) is 4.13. The van der Waals surface area contributed by atoms with Gasteiger partial charge in [0.05, 0.1) is 11.8 Å². The van der Waals surface area contributed by atoms with E-state index in [9.17, 15) is 0 Å². The second-order valence-corrected chi connectivity index (χ2v) is 4.34. The Morgan fingerprint density at radius 3 is 3.06 bits per heavy atom. The number of hydrogen-bond acceptors (Lipinski definition) is 4. The smallest absolute Gasteiger partial charge is 0.146 e. The summed E-state index contributed by atoms with van der Waals surface area (Å²) in [5.74, 6) is 1.41. The normalized spacial score (nSPS) is 11.8. The molecule has 18 heavy (non-hydrogen) atoms. The van der Waals surface area contributed by atoms with Crippen molar-refractivity contribution in [1.82, 2.24) is 4.98 Å². The zero-order chi connectivity index (χ0) is 13.0. The van der Waals surface area contributed by atoms with Crippen LogP contribution in [0.2, 0.25) is 5.02 Å². The molecule has 92 valence electrons. The molecule has 4 nitrogen and oxygen atoms in total.